The maximum absolute atomic E-state index is 13.3. The van der Waals surface area contributed by atoms with Gasteiger partial charge in [-0.1, -0.05) is 17.7 Å². The van der Waals surface area contributed by atoms with Crippen molar-refractivity contribution in [1.82, 2.24) is 4.98 Å². The molecule has 1 N–H and O–H groups in total. The van der Waals surface area contributed by atoms with Crippen molar-refractivity contribution < 1.29 is 27.5 Å². The largest absolute Gasteiger partial charge is 0.481 e. The van der Waals surface area contributed by atoms with Gasteiger partial charge in [0, 0.05) is 31.9 Å². The molecule has 0 amide bonds. The highest BCUT2D eigenvalue weighted by Gasteiger charge is 2.63. The Balaban J connectivity index is 1.98. The lowest BCUT2D eigenvalue weighted by Gasteiger charge is -2.43. The van der Waals surface area contributed by atoms with E-state index in [1.54, 1.807) is 0 Å². The highest BCUT2D eigenvalue weighted by atomic mass is 35.5. The second-order valence-electron chi connectivity index (χ2n) is 6.44. The standard InChI is InChI=1S/C16H14ClF4NO2/c17-11-6-22-12(14(13(23)24)7-16(20,21)8-14)5-10(11)9-1-3-15(18,19)4-2-9/h1,5-6H,2-4,7-8H2,(H,23,24). The molecule has 0 bridgehead atoms. The minimum atomic E-state index is -3.05. The van der Waals surface area contributed by atoms with Crippen molar-refractivity contribution in [3.8, 4) is 0 Å². The molecule has 0 unspecified atom stereocenters. The van der Waals surface area contributed by atoms with E-state index in [4.69, 9.17) is 11.6 Å². The van der Waals surface area contributed by atoms with Gasteiger partial charge in [0.1, 0.15) is 5.41 Å². The van der Waals surface area contributed by atoms with E-state index in [0.717, 1.165) is 0 Å². The van der Waals surface area contributed by atoms with Gasteiger partial charge in [0.2, 0.25) is 0 Å². The van der Waals surface area contributed by atoms with Crippen LogP contribution in [0.1, 0.15) is 43.4 Å². The molecule has 0 spiro atoms. The van der Waals surface area contributed by atoms with Gasteiger partial charge in [-0.15, -0.1) is 0 Å². The van der Waals surface area contributed by atoms with Crippen molar-refractivity contribution in [3.05, 3.63) is 34.6 Å². The molecule has 1 fully saturated rings. The van der Waals surface area contributed by atoms with E-state index in [0.29, 0.717) is 11.1 Å². The number of hydrogen-bond acceptors (Lipinski definition) is 2. The Kier molecular flexibility index (Phi) is 3.90. The number of aromatic nitrogens is 1. The van der Waals surface area contributed by atoms with Crippen LogP contribution in [0.2, 0.25) is 5.02 Å². The van der Waals surface area contributed by atoms with Crippen LogP contribution >= 0.6 is 11.6 Å². The van der Waals surface area contributed by atoms with Gasteiger partial charge in [-0.05, 0) is 23.6 Å². The van der Waals surface area contributed by atoms with Crippen LogP contribution in [0.4, 0.5) is 17.6 Å². The van der Waals surface area contributed by atoms with Gasteiger partial charge in [0.25, 0.3) is 11.8 Å². The summed E-state index contributed by atoms with van der Waals surface area (Å²) in [5.41, 5.74) is -0.838. The van der Waals surface area contributed by atoms with Crippen molar-refractivity contribution in [1.29, 1.82) is 0 Å². The number of hydrogen-bond donors (Lipinski definition) is 1. The second-order valence-corrected chi connectivity index (χ2v) is 6.84. The van der Waals surface area contributed by atoms with Gasteiger partial charge >= 0.3 is 5.97 Å². The Labute approximate surface area is 140 Å². The van der Waals surface area contributed by atoms with E-state index in [1.165, 1.54) is 18.3 Å². The Morgan fingerprint density at radius 1 is 1.21 bits per heavy atom. The van der Waals surface area contributed by atoms with E-state index >= 15 is 0 Å². The van der Waals surface area contributed by atoms with Gasteiger partial charge in [-0.3, -0.25) is 9.78 Å². The molecule has 1 aromatic heterocycles. The van der Waals surface area contributed by atoms with E-state index in [2.05, 4.69) is 4.98 Å². The Morgan fingerprint density at radius 3 is 2.38 bits per heavy atom. The van der Waals surface area contributed by atoms with E-state index in [-0.39, 0.29) is 23.6 Å². The van der Waals surface area contributed by atoms with E-state index in [1.807, 2.05) is 0 Å². The van der Waals surface area contributed by atoms with Crippen LogP contribution in [-0.2, 0) is 10.2 Å². The predicted molar refractivity (Wildman–Crippen MR) is 79.5 cm³/mol. The molecule has 8 heteroatoms. The number of carboxylic acid groups (broad SMARTS) is 1. The van der Waals surface area contributed by atoms with Crippen molar-refractivity contribution in [2.75, 3.05) is 0 Å². The lowest BCUT2D eigenvalue weighted by molar-refractivity contribution is -0.174. The number of carboxylic acids is 1. The molecule has 1 saturated carbocycles. The van der Waals surface area contributed by atoms with Gasteiger partial charge in [0.15, 0.2) is 0 Å². The summed E-state index contributed by atoms with van der Waals surface area (Å²) in [6.07, 6.45) is 0.194. The maximum atomic E-state index is 13.3. The minimum absolute atomic E-state index is 0.0152. The van der Waals surface area contributed by atoms with Crippen LogP contribution in [0.5, 0.6) is 0 Å². The Bertz CT molecular complexity index is 725. The molecule has 1 aromatic rings. The summed E-state index contributed by atoms with van der Waals surface area (Å²) < 4.78 is 53.1. The first-order chi connectivity index (χ1) is 11.0. The highest BCUT2D eigenvalue weighted by molar-refractivity contribution is 6.32. The molecule has 0 aromatic carbocycles. The fourth-order valence-electron chi connectivity index (χ4n) is 3.26. The normalized spacial score (nSPS) is 24.0. The Hall–Kier alpha value is -1.63. The first kappa shape index (κ1) is 17.2. The van der Waals surface area contributed by atoms with Crippen LogP contribution in [0.25, 0.3) is 5.57 Å². The van der Waals surface area contributed by atoms with Gasteiger partial charge < -0.3 is 5.11 Å². The molecule has 0 saturated heterocycles. The average Bonchev–Trinajstić information content (AvgIpc) is 2.45. The smallest absolute Gasteiger partial charge is 0.316 e. The zero-order chi connectivity index (χ0) is 17.8. The van der Waals surface area contributed by atoms with Crippen LogP contribution in [0.3, 0.4) is 0 Å². The second kappa shape index (κ2) is 5.44. The van der Waals surface area contributed by atoms with Gasteiger partial charge in [0.05, 0.1) is 10.7 Å². The number of alkyl halides is 4. The topological polar surface area (TPSA) is 50.2 Å². The third-order valence-corrected chi connectivity index (χ3v) is 4.93. The van der Waals surface area contributed by atoms with E-state index in [9.17, 15) is 27.5 Å². The summed E-state index contributed by atoms with van der Waals surface area (Å²) in [5.74, 6) is -7.20. The zero-order valence-electron chi connectivity index (χ0n) is 12.5. The highest BCUT2D eigenvalue weighted by Crippen LogP contribution is 2.53. The molecule has 2 aliphatic rings. The molecule has 0 atom stereocenters. The zero-order valence-corrected chi connectivity index (χ0v) is 13.2. The van der Waals surface area contributed by atoms with Crippen molar-refractivity contribution in [2.24, 2.45) is 0 Å². The van der Waals surface area contributed by atoms with Crippen LogP contribution in [-0.4, -0.2) is 27.9 Å². The molecular weight excluding hydrogens is 350 g/mol. The third kappa shape index (κ3) is 2.90. The average molecular weight is 364 g/mol. The SMILES string of the molecule is O=C(O)C1(c2cc(C3=CCC(F)(F)CC3)c(Cl)cn2)CC(F)(F)C1. The summed E-state index contributed by atoms with van der Waals surface area (Å²) in [4.78, 5) is 15.5. The van der Waals surface area contributed by atoms with Crippen LogP contribution in [0.15, 0.2) is 18.3 Å². The number of halogens is 5. The molecule has 3 rings (SSSR count). The summed E-state index contributed by atoms with van der Waals surface area (Å²) in [6.45, 7) is 0. The molecule has 0 radical (unpaired) electrons. The minimum Gasteiger partial charge on any atom is -0.481 e. The number of nitrogens with zero attached hydrogens (tertiary/aromatic N) is 1. The number of pyridine rings is 1. The summed E-state index contributed by atoms with van der Waals surface area (Å²) in [7, 11) is 0. The van der Waals surface area contributed by atoms with Gasteiger partial charge in [-0.2, -0.15) is 0 Å². The Morgan fingerprint density at radius 2 is 1.88 bits per heavy atom. The number of allylic oxidation sites excluding steroid dienone is 2. The van der Waals surface area contributed by atoms with Crippen LogP contribution in [0, 0.1) is 0 Å². The lowest BCUT2D eigenvalue weighted by atomic mass is 9.63. The van der Waals surface area contributed by atoms with Crippen molar-refractivity contribution in [2.45, 2.75) is 49.4 Å². The maximum Gasteiger partial charge on any atom is 0.316 e. The lowest BCUT2D eigenvalue weighted by Crippen LogP contribution is -2.54. The van der Waals surface area contributed by atoms with E-state index < -0.39 is 42.5 Å². The molecular formula is C16H14ClF4NO2. The predicted octanol–water partition coefficient (Wildman–Crippen LogP) is 4.69. The van der Waals surface area contributed by atoms with Crippen molar-refractivity contribution >= 4 is 23.1 Å². The number of rotatable bonds is 3. The summed E-state index contributed by atoms with van der Waals surface area (Å²) in [5, 5.41) is 9.57. The number of aliphatic carboxylic acids is 1. The fourth-order valence-corrected chi connectivity index (χ4v) is 3.48. The number of carbonyl (C=O) groups is 1. The molecule has 0 aliphatic heterocycles. The van der Waals surface area contributed by atoms with Gasteiger partial charge in [-0.25, -0.2) is 17.6 Å². The molecule has 2 aliphatic carbocycles. The fraction of sp³-hybridized carbons (Fsp3) is 0.500. The molecule has 1 heterocycles. The molecule has 130 valence electrons. The quantitative estimate of drug-likeness (QED) is 0.793. The monoisotopic (exact) mass is 363 g/mol. The molecule has 3 nitrogen and oxygen atoms in total. The molecule has 24 heavy (non-hydrogen) atoms. The summed E-state index contributed by atoms with van der Waals surface area (Å²) in [6, 6.07) is 1.35. The van der Waals surface area contributed by atoms with Crippen molar-refractivity contribution in [3.63, 3.8) is 0 Å². The summed E-state index contributed by atoms with van der Waals surface area (Å²) >= 11 is 6.06. The van der Waals surface area contributed by atoms with Crippen LogP contribution < -0.4 is 0 Å². The first-order valence-corrected chi connectivity index (χ1v) is 7.77. The first-order valence-electron chi connectivity index (χ1n) is 7.39. The third-order valence-electron chi connectivity index (χ3n) is 4.63.